The van der Waals surface area contributed by atoms with Crippen molar-refractivity contribution in [1.82, 2.24) is 4.98 Å². The Bertz CT molecular complexity index is 721. The highest BCUT2D eigenvalue weighted by atomic mass is 19.1. The minimum atomic E-state index is -0.621. The van der Waals surface area contributed by atoms with Crippen molar-refractivity contribution in [1.29, 1.82) is 0 Å². The largest absolute Gasteiger partial charge is 0.505 e. The first-order valence-corrected chi connectivity index (χ1v) is 6.01. The van der Waals surface area contributed by atoms with Gasteiger partial charge in [0.2, 0.25) is 0 Å². The Morgan fingerprint density at radius 2 is 2.00 bits per heavy atom. The summed E-state index contributed by atoms with van der Waals surface area (Å²) < 4.78 is 13.2. The summed E-state index contributed by atoms with van der Waals surface area (Å²) in [4.78, 5) is 3.15. The fourth-order valence-electron chi connectivity index (χ4n) is 2.03. The van der Waals surface area contributed by atoms with Gasteiger partial charge in [0.25, 0.3) is 0 Å². The number of aromatic amines is 1. The quantitative estimate of drug-likeness (QED) is 0.627. The minimum Gasteiger partial charge on any atom is -0.505 e. The summed E-state index contributed by atoms with van der Waals surface area (Å²) in [6, 6.07) is 12.4. The second-order valence-electron chi connectivity index (χ2n) is 4.42. The number of fused-ring (bicyclic) bond motifs is 1. The molecule has 0 atom stereocenters. The van der Waals surface area contributed by atoms with Crippen molar-refractivity contribution in [3.8, 4) is 5.75 Å². The van der Waals surface area contributed by atoms with Crippen molar-refractivity contribution in [2.24, 2.45) is 0 Å². The molecule has 96 valence electrons. The zero-order valence-electron chi connectivity index (χ0n) is 10.2. The van der Waals surface area contributed by atoms with Gasteiger partial charge in [0, 0.05) is 30.0 Å². The van der Waals surface area contributed by atoms with E-state index in [2.05, 4.69) is 16.4 Å². The molecular weight excluding hydrogens is 243 g/mol. The Morgan fingerprint density at radius 1 is 1.11 bits per heavy atom. The average molecular weight is 256 g/mol. The Hall–Kier alpha value is -2.49. The van der Waals surface area contributed by atoms with Gasteiger partial charge in [-0.25, -0.2) is 4.39 Å². The van der Waals surface area contributed by atoms with Gasteiger partial charge in [0.1, 0.15) is 0 Å². The third-order valence-corrected chi connectivity index (χ3v) is 3.06. The van der Waals surface area contributed by atoms with E-state index in [1.807, 2.05) is 24.4 Å². The molecule has 19 heavy (non-hydrogen) atoms. The highest BCUT2D eigenvalue weighted by Gasteiger charge is 2.02. The number of hydrogen-bond donors (Lipinski definition) is 3. The van der Waals surface area contributed by atoms with Crippen LogP contribution in [0.3, 0.4) is 0 Å². The normalized spacial score (nSPS) is 10.8. The van der Waals surface area contributed by atoms with Crippen LogP contribution in [0.1, 0.15) is 5.56 Å². The van der Waals surface area contributed by atoms with Crippen molar-refractivity contribution in [2.45, 2.75) is 6.54 Å². The van der Waals surface area contributed by atoms with Gasteiger partial charge in [-0.3, -0.25) is 0 Å². The maximum absolute atomic E-state index is 13.2. The first kappa shape index (κ1) is 11.6. The fraction of sp³-hybridized carbons (Fsp3) is 0.0667. The number of halogens is 1. The molecule has 0 aliphatic heterocycles. The summed E-state index contributed by atoms with van der Waals surface area (Å²) in [5.74, 6) is -0.955. The Labute approximate surface area is 109 Å². The summed E-state index contributed by atoms with van der Waals surface area (Å²) in [5, 5.41) is 13.4. The molecule has 0 fully saturated rings. The number of rotatable bonds is 3. The molecule has 3 nitrogen and oxygen atoms in total. The van der Waals surface area contributed by atoms with Gasteiger partial charge in [-0.15, -0.1) is 0 Å². The fourth-order valence-corrected chi connectivity index (χ4v) is 2.03. The highest BCUT2D eigenvalue weighted by molar-refractivity contribution is 5.79. The van der Waals surface area contributed by atoms with E-state index < -0.39 is 5.82 Å². The molecule has 3 rings (SSSR count). The van der Waals surface area contributed by atoms with Gasteiger partial charge in [0.15, 0.2) is 11.6 Å². The van der Waals surface area contributed by atoms with E-state index in [-0.39, 0.29) is 5.75 Å². The first-order valence-electron chi connectivity index (χ1n) is 6.01. The maximum atomic E-state index is 13.2. The number of aromatic hydroxyl groups is 1. The van der Waals surface area contributed by atoms with Crippen molar-refractivity contribution >= 4 is 16.6 Å². The molecular formula is C15H13FN2O. The van der Waals surface area contributed by atoms with E-state index in [0.29, 0.717) is 12.2 Å². The van der Waals surface area contributed by atoms with Crippen LogP contribution in [-0.4, -0.2) is 10.1 Å². The van der Waals surface area contributed by atoms with E-state index in [0.717, 1.165) is 11.1 Å². The number of anilines is 1. The van der Waals surface area contributed by atoms with Crippen LogP contribution in [0.4, 0.5) is 10.1 Å². The van der Waals surface area contributed by atoms with Crippen molar-refractivity contribution in [3.05, 3.63) is 60.0 Å². The number of phenols is 1. The maximum Gasteiger partial charge on any atom is 0.166 e. The SMILES string of the molecule is Oc1ccc(NCc2ccc3cc[nH]c3c2)cc1F. The number of aromatic nitrogens is 1. The number of hydrogen-bond acceptors (Lipinski definition) is 2. The Morgan fingerprint density at radius 3 is 2.84 bits per heavy atom. The molecule has 1 heterocycles. The third-order valence-electron chi connectivity index (χ3n) is 3.06. The van der Waals surface area contributed by atoms with Gasteiger partial charge in [-0.05, 0) is 35.2 Å². The monoisotopic (exact) mass is 256 g/mol. The van der Waals surface area contributed by atoms with Crippen molar-refractivity contribution in [2.75, 3.05) is 5.32 Å². The van der Waals surface area contributed by atoms with Crippen LogP contribution in [0.25, 0.3) is 10.9 Å². The number of nitrogens with one attached hydrogen (secondary N) is 2. The van der Waals surface area contributed by atoms with Crippen LogP contribution in [0, 0.1) is 5.82 Å². The predicted molar refractivity (Wildman–Crippen MR) is 73.7 cm³/mol. The number of phenolic OH excluding ortho intramolecular Hbond substituents is 1. The molecule has 3 aromatic rings. The lowest BCUT2D eigenvalue weighted by Crippen LogP contribution is -1.99. The summed E-state index contributed by atoms with van der Waals surface area (Å²) in [7, 11) is 0. The van der Waals surface area contributed by atoms with Crippen molar-refractivity contribution < 1.29 is 9.50 Å². The van der Waals surface area contributed by atoms with Gasteiger partial charge in [0.05, 0.1) is 0 Å². The molecule has 1 aromatic heterocycles. The number of benzene rings is 2. The second-order valence-corrected chi connectivity index (χ2v) is 4.42. The van der Waals surface area contributed by atoms with Crippen LogP contribution in [0.2, 0.25) is 0 Å². The standard InChI is InChI=1S/C15H13FN2O/c16-13-8-12(3-4-15(13)19)18-9-10-1-2-11-5-6-17-14(11)7-10/h1-8,17-19H,9H2. The van der Waals surface area contributed by atoms with E-state index in [1.54, 1.807) is 6.07 Å². The molecule has 0 saturated heterocycles. The zero-order valence-corrected chi connectivity index (χ0v) is 10.2. The Balaban J connectivity index is 1.75. The van der Waals surface area contributed by atoms with Crippen LogP contribution >= 0.6 is 0 Å². The lowest BCUT2D eigenvalue weighted by Gasteiger charge is -2.07. The van der Waals surface area contributed by atoms with Crippen LogP contribution in [0.15, 0.2) is 48.7 Å². The zero-order chi connectivity index (χ0) is 13.2. The molecule has 0 aliphatic carbocycles. The van der Waals surface area contributed by atoms with Crippen molar-refractivity contribution in [3.63, 3.8) is 0 Å². The lowest BCUT2D eigenvalue weighted by atomic mass is 10.1. The molecule has 0 radical (unpaired) electrons. The van der Waals surface area contributed by atoms with E-state index in [4.69, 9.17) is 5.11 Å². The van der Waals surface area contributed by atoms with E-state index in [9.17, 15) is 4.39 Å². The molecule has 0 unspecified atom stereocenters. The summed E-state index contributed by atoms with van der Waals surface area (Å²) in [5.41, 5.74) is 2.82. The van der Waals surface area contributed by atoms with Gasteiger partial charge in [-0.2, -0.15) is 0 Å². The second kappa shape index (κ2) is 4.65. The topological polar surface area (TPSA) is 48.0 Å². The van der Waals surface area contributed by atoms with E-state index >= 15 is 0 Å². The van der Waals surface area contributed by atoms with E-state index in [1.165, 1.54) is 17.5 Å². The lowest BCUT2D eigenvalue weighted by molar-refractivity contribution is 0.432. The molecule has 0 aliphatic rings. The molecule has 2 aromatic carbocycles. The molecule has 0 amide bonds. The minimum absolute atomic E-state index is 0.335. The highest BCUT2D eigenvalue weighted by Crippen LogP contribution is 2.20. The predicted octanol–water partition coefficient (Wildman–Crippen LogP) is 3.62. The van der Waals surface area contributed by atoms with Crippen LogP contribution in [0.5, 0.6) is 5.75 Å². The molecule has 3 N–H and O–H groups in total. The number of H-pyrrole nitrogens is 1. The Kier molecular flexibility index (Phi) is 2.83. The molecule has 0 bridgehead atoms. The molecule has 0 spiro atoms. The van der Waals surface area contributed by atoms with Crippen LogP contribution in [-0.2, 0) is 6.54 Å². The van der Waals surface area contributed by atoms with Gasteiger partial charge < -0.3 is 15.4 Å². The van der Waals surface area contributed by atoms with Crippen LogP contribution < -0.4 is 5.32 Å². The molecule has 0 saturated carbocycles. The average Bonchev–Trinajstić information content (AvgIpc) is 2.87. The summed E-state index contributed by atoms with van der Waals surface area (Å²) >= 11 is 0. The third kappa shape index (κ3) is 2.38. The van der Waals surface area contributed by atoms with Gasteiger partial charge in [-0.1, -0.05) is 12.1 Å². The first-order chi connectivity index (χ1) is 9.22. The summed E-state index contributed by atoms with van der Waals surface area (Å²) in [6.45, 7) is 0.596. The summed E-state index contributed by atoms with van der Waals surface area (Å²) in [6.07, 6.45) is 1.90. The van der Waals surface area contributed by atoms with Gasteiger partial charge >= 0.3 is 0 Å². The smallest absolute Gasteiger partial charge is 0.166 e. The molecule has 4 heteroatoms.